The Morgan fingerprint density at radius 1 is 1.45 bits per heavy atom. The van der Waals surface area contributed by atoms with Gasteiger partial charge < -0.3 is 10.5 Å². The van der Waals surface area contributed by atoms with Crippen LogP contribution in [0.4, 0.5) is 0 Å². The monoisotopic (exact) mass is 302 g/mol. The molecule has 1 aromatic heterocycles. The standard InChI is InChI=1S/C12H22N4O3S/c1-9-11(7-13)12(15-14-9)20(17,18)16(2)8-10-3-5-19-6-4-10/h10H,3-8,13H2,1-2H3,(H,14,15). The summed E-state index contributed by atoms with van der Waals surface area (Å²) in [5, 5.41) is 6.66. The number of aromatic amines is 1. The van der Waals surface area contributed by atoms with Crippen LogP contribution in [0.1, 0.15) is 24.1 Å². The van der Waals surface area contributed by atoms with E-state index in [9.17, 15) is 8.42 Å². The van der Waals surface area contributed by atoms with E-state index in [1.807, 2.05) is 0 Å². The van der Waals surface area contributed by atoms with Gasteiger partial charge in [-0.25, -0.2) is 8.42 Å². The van der Waals surface area contributed by atoms with Gasteiger partial charge in [0, 0.05) is 44.6 Å². The van der Waals surface area contributed by atoms with E-state index in [1.54, 1.807) is 14.0 Å². The second-order valence-corrected chi connectivity index (χ2v) is 7.14. The van der Waals surface area contributed by atoms with Crippen LogP contribution in [0.25, 0.3) is 0 Å². The Balaban J connectivity index is 2.16. The van der Waals surface area contributed by atoms with E-state index in [0.29, 0.717) is 36.9 Å². The van der Waals surface area contributed by atoms with Gasteiger partial charge in [0.15, 0.2) is 5.03 Å². The third-order valence-electron chi connectivity index (χ3n) is 3.75. The number of hydrogen-bond donors (Lipinski definition) is 2. The fourth-order valence-electron chi connectivity index (χ4n) is 2.42. The molecule has 0 saturated carbocycles. The van der Waals surface area contributed by atoms with E-state index >= 15 is 0 Å². The molecule has 0 unspecified atom stereocenters. The number of nitrogens with zero attached hydrogens (tertiary/aromatic N) is 2. The summed E-state index contributed by atoms with van der Waals surface area (Å²) in [6.07, 6.45) is 1.78. The number of rotatable bonds is 5. The first-order chi connectivity index (χ1) is 9.46. The van der Waals surface area contributed by atoms with Crippen LogP contribution in [0.3, 0.4) is 0 Å². The van der Waals surface area contributed by atoms with Crippen molar-refractivity contribution in [3.05, 3.63) is 11.3 Å². The molecule has 1 aromatic rings. The highest BCUT2D eigenvalue weighted by Crippen LogP contribution is 2.22. The predicted octanol–water partition coefficient (Wildman–Crippen LogP) is 0.224. The van der Waals surface area contributed by atoms with Crippen LogP contribution >= 0.6 is 0 Å². The molecule has 8 heteroatoms. The van der Waals surface area contributed by atoms with Crippen molar-refractivity contribution in [1.82, 2.24) is 14.5 Å². The molecule has 1 aliphatic heterocycles. The zero-order valence-electron chi connectivity index (χ0n) is 11.9. The fourth-order valence-corrected chi connectivity index (χ4v) is 3.83. The normalized spacial score (nSPS) is 17.8. The van der Waals surface area contributed by atoms with Gasteiger partial charge in [-0.05, 0) is 25.7 Å². The predicted molar refractivity (Wildman–Crippen MR) is 74.6 cm³/mol. The molecule has 0 spiro atoms. The van der Waals surface area contributed by atoms with Gasteiger partial charge >= 0.3 is 0 Å². The minimum absolute atomic E-state index is 0.0482. The second-order valence-electron chi connectivity index (χ2n) is 5.18. The molecule has 0 amide bonds. The molecule has 0 radical (unpaired) electrons. The number of hydrogen-bond acceptors (Lipinski definition) is 5. The zero-order chi connectivity index (χ0) is 14.8. The molecule has 20 heavy (non-hydrogen) atoms. The van der Waals surface area contributed by atoms with Gasteiger partial charge in [-0.2, -0.15) is 9.40 Å². The number of nitrogens with one attached hydrogen (secondary N) is 1. The van der Waals surface area contributed by atoms with Gasteiger partial charge in [-0.15, -0.1) is 0 Å². The lowest BCUT2D eigenvalue weighted by Crippen LogP contribution is -2.35. The van der Waals surface area contributed by atoms with Crippen LogP contribution < -0.4 is 5.73 Å². The molecule has 0 atom stereocenters. The lowest BCUT2D eigenvalue weighted by molar-refractivity contribution is 0.0620. The molecule has 0 bridgehead atoms. The summed E-state index contributed by atoms with van der Waals surface area (Å²) in [6.45, 7) is 3.82. The average Bonchev–Trinajstić information content (AvgIpc) is 2.81. The van der Waals surface area contributed by atoms with E-state index in [1.165, 1.54) is 4.31 Å². The molecule has 0 aliphatic carbocycles. The molecule has 0 aromatic carbocycles. The van der Waals surface area contributed by atoms with Gasteiger partial charge in [-0.1, -0.05) is 0 Å². The third-order valence-corrected chi connectivity index (χ3v) is 5.55. The Bertz CT molecular complexity index is 549. The Morgan fingerprint density at radius 3 is 2.70 bits per heavy atom. The molecule has 7 nitrogen and oxygen atoms in total. The Labute approximate surface area is 119 Å². The summed E-state index contributed by atoms with van der Waals surface area (Å²) >= 11 is 0. The molecule has 1 aliphatic rings. The first-order valence-corrected chi connectivity index (χ1v) is 8.18. The summed E-state index contributed by atoms with van der Waals surface area (Å²) < 4.78 is 31.8. The van der Waals surface area contributed by atoms with Crippen LogP contribution in [-0.2, 0) is 21.3 Å². The first-order valence-electron chi connectivity index (χ1n) is 6.74. The van der Waals surface area contributed by atoms with Crippen LogP contribution in [-0.4, -0.2) is 49.7 Å². The van der Waals surface area contributed by atoms with Crippen LogP contribution in [0.2, 0.25) is 0 Å². The van der Waals surface area contributed by atoms with E-state index < -0.39 is 10.0 Å². The van der Waals surface area contributed by atoms with Crippen molar-refractivity contribution in [1.29, 1.82) is 0 Å². The quantitative estimate of drug-likeness (QED) is 0.810. The first kappa shape index (κ1) is 15.4. The largest absolute Gasteiger partial charge is 0.381 e. The lowest BCUT2D eigenvalue weighted by atomic mass is 10.0. The number of nitrogens with two attached hydrogens (primary N) is 1. The summed E-state index contributed by atoms with van der Waals surface area (Å²) in [5.74, 6) is 0.338. The maximum atomic E-state index is 12.6. The van der Waals surface area contributed by atoms with Crippen molar-refractivity contribution < 1.29 is 13.2 Å². The van der Waals surface area contributed by atoms with E-state index in [2.05, 4.69) is 10.2 Å². The van der Waals surface area contributed by atoms with Crippen molar-refractivity contribution in [2.45, 2.75) is 31.3 Å². The number of aromatic nitrogens is 2. The lowest BCUT2D eigenvalue weighted by Gasteiger charge is -2.26. The minimum atomic E-state index is -3.59. The van der Waals surface area contributed by atoms with Crippen molar-refractivity contribution in [3.63, 3.8) is 0 Å². The topological polar surface area (TPSA) is 101 Å². The maximum Gasteiger partial charge on any atom is 0.262 e. The van der Waals surface area contributed by atoms with Crippen molar-refractivity contribution in [2.75, 3.05) is 26.8 Å². The summed E-state index contributed by atoms with van der Waals surface area (Å²) in [5.41, 5.74) is 6.88. The van der Waals surface area contributed by atoms with E-state index in [0.717, 1.165) is 12.8 Å². The molecular formula is C12H22N4O3S. The highest BCUT2D eigenvalue weighted by Gasteiger charge is 2.29. The van der Waals surface area contributed by atoms with Gasteiger partial charge in [-0.3, -0.25) is 5.10 Å². The number of sulfonamides is 1. The summed E-state index contributed by atoms with van der Waals surface area (Å²) in [4.78, 5) is 0. The number of ether oxygens (including phenoxy) is 1. The van der Waals surface area contributed by atoms with E-state index in [-0.39, 0.29) is 11.6 Å². The van der Waals surface area contributed by atoms with Gasteiger partial charge in [0.2, 0.25) is 0 Å². The summed E-state index contributed by atoms with van der Waals surface area (Å²) in [6, 6.07) is 0. The van der Waals surface area contributed by atoms with Crippen LogP contribution in [0.5, 0.6) is 0 Å². The van der Waals surface area contributed by atoms with E-state index in [4.69, 9.17) is 10.5 Å². The number of H-pyrrole nitrogens is 1. The SMILES string of the molecule is Cc1[nH]nc(S(=O)(=O)N(C)CC2CCOCC2)c1CN. The van der Waals surface area contributed by atoms with Crippen molar-refractivity contribution >= 4 is 10.0 Å². The molecular weight excluding hydrogens is 280 g/mol. The highest BCUT2D eigenvalue weighted by molar-refractivity contribution is 7.89. The molecule has 3 N–H and O–H groups in total. The molecule has 114 valence electrons. The average molecular weight is 302 g/mol. The molecule has 2 rings (SSSR count). The molecule has 2 heterocycles. The Morgan fingerprint density at radius 2 is 2.10 bits per heavy atom. The maximum absolute atomic E-state index is 12.6. The van der Waals surface area contributed by atoms with Crippen LogP contribution in [0.15, 0.2) is 5.03 Å². The van der Waals surface area contributed by atoms with Crippen LogP contribution in [0, 0.1) is 12.8 Å². The minimum Gasteiger partial charge on any atom is -0.381 e. The van der Waals surface area contributed by atoms with Gasteiger partial charge in [0.05, 0.1) is 0 Å². The Hall–Kier alpha value is -0.960. The van der Waals surface area contributed by atoms with Crippen molar-refractivity contribution in [2.24, 2.45) is 11.7 Å². The Kier molecular flexibility index (Phi) is 4.79. The smallest absolute Gasteiger partial charge is 0.262 e. The fraction of sp³-hybridized carbons (Fsp3) is 0.750. The molecule has 1 fully saturated rings. The number of aryl methyl sites for hydroxylation is 1. The highest BCUT2D eigenvalue weighted by atomic mass is 32.2. The second kappa shape index (κ2) is 6.21. The zero-order valence-corrected chi connectivity index (χ0v) is 12.7. The van der Waals surface area contributed by atoms with Crippen molar-refractivity contribution in [3.8, 4) is 0 Å². The third kappa shape index (κ3) is 3.03. The molecule has 1 saturated heterocycles. The summed E-state index contributed by atoms with van der Waals surface area (Å²) in [7, 11) is -2.00. The van der Waals surface area contributed by atoms with Gasteiger partial charge in [0.1, 0.15) is 0 Å². The van der Waals surface area contributed by atoms with Gasteiger partial charge in [0.25, 0.3) is 10.0 Å².